The minimum absolute atomic E-state index is 0.0569. The summed E-state index contributed by atoms with van der Waals surface area (Å²) >= 11 is 4.20. The van der Waals surface area contributed by atoms with Crippen molar-refractivity contribution in [1.29, 1.82) is 0 Å². The van der Waals surface area contributed by atoms with Gasteiger partial charge in [-0.1, -0.05) is 0 Å². The van der Waals surface area contributed by atoms with Crippen LogP contribution in [0.5, 0.6) is 5.75 Å². The van der Waals surface area contributed by atoms with E-state index in [2.05, 4.69) is 12.6 Å². The number of thiol groups is 1. The van der Waals surface area contributed by atoms with Gasteiger partial charge in [0.2, 0.25) is 0 Å². The predicted molar refractivity (Wildman–Crippen MR) is 79.4 cm³/mol. The largest absolute Gasteiger partial charge is 0.497 e. The van der Waals surface area contributed by atoms with Crippen molar-refractivity contribution in [3.63, 3.8) is 0 Å². The van der Waals surface area contributed by atoms with Crippen molar-refractivity contribution in [3.8, 4) is 5.75 Å². The summed E-state index contributed by atoms with van der Waals surface area (Å²) in [5.74, 6) is 0.711. The van der Waals surface area contributed by atoms with E-state index in [1.54, 1.807) is 43.3 Å². The Labute approximate surface area is 118 Å². The first kappa shape index (κ1) is 13.5. The van der Waals surface area contributed by atoms with E-state index >= 15 is 0 Å². The molecule has 3 nitrogen and oxygen atoms in total. The van der Waals surface area contributed by atoms with Gasteiger partial charge in [0.05, 0.1) is 7.11 Å². The standard InChI is InChI=1S/C15H15NO2S/c1-16(12-5-7-13(18-2)8-6-12)15(17)11-3-9-14(19)10-4-11/h3-10,19H,1-2H3. The Kier molecular flexibility index (Phi) is 4.12. The van der Waals surface area contributed by atoms with Crippen LogP contribution in [-0.4, -0.2) is 20.1 Å². The number of rotatable bonds is 3. The normalized spacial score (nSPS) is 10.1. The zero-order chi connectivity index (χ0) is 13.8. The molecule has 0 aliphatic carbocycles. The van der Waals surface area contributed by atoms with E-state index in [-0.39, 0.29) is 5.91 Å². The Morgan fingerprint density at radius 2 is 1.63 bits per heavy atom. The number of carbonyl (C=O) groups excluding carboxylic acids is 1. The molecule has 0 radical (unpaired) electrons. The second kappa shape index (κ2) is 5.80. The van der Waals surface area contributed by atoms with Gasteiger partial charge in [0.15, 0.2) is 0 Å². The molecule has 2 rings (SSSR count). The minimum Gasteiger partial charge on any atom is -0.497 e. The summed E-state index contributed by atoms with van der Waals surface area (Å²) in [5, 5.41) is 0. The summed E-state index contributed by atoms with van der Waals surface area (Å²) in [4.78, 5) is 14.7. The number of benzene rings is 2. The molecule has 0 atom stereocenters. The molecule has 2 aromatic carbocycles. The van der Waals surface area contributed by atoms with Crippen LogP contribution in [0.15, 0.2) is 53.4 Å². The average Bonchev–Trinajstić information content (AvgIpc) is 2.46. The third kappa shape index (κ3) is 3.09. The van der Waals surface area contributed by atoms with Gasteiger partial charge >= 0.3 is 0 Å². The van der Waals surface area contributed by atoms with E-state index in [0.29, 0.717) is 5.56 Å². The van der Waals surface area contributed by atoms with Crippen molar-refractivity contribution >= 4 is 24.2 Å². The molecule has 0 heterocycles. The fourth-order valence-corrected chi connectivity index (χ4v) is 1.87. The van der Waals surface area contributed by atoms with E-state index in [0.717, 1.165) is 16.3 Å². The van der Waals surface area contributed by atoms with Gasteiger partial charge in [0.25, 0.3) is 5.91 Å². The van der Waals surface area contributed by atoms with Crippen molar-refractivity contribution < 1.29 is 9.53 Å². The summed E-state index contributed by atoms with van der Waals surface area (Å²) < 4.78 is 5.10. The molecular weight excluding hydrogens is 258 g/mol. The molecule has 0 aliphatic rings. The first-order valence-electron chi connectivity index (χ1n) is 5.83. The second-order valence-electron chi connectivity index (χ2n) is 4.11. The van der Waals surface area contributed by atoms with Gasteiger partial charge in [-0.3, -0.25) is 4.79 Å². The van der Waals surface area contributed by atoms with Gasteiger partial charge in [-0.2, -0.15) is 0 Å². The van der Waals surface area contributed by atoms with E-state index < -0.39 is 0 Å². The Bertz CT molecular complexity index is 564. The van der Waals surface area contributed by atoms with Gasteiger partial charge < -0.3 is 9.64 Å². The zero-order valence-corrected chi connectivity index (χ0v) is 11.7. The number of methoxy groups -OCH3 is 1. The van der Waals surface area contributed by atoms with Crippen LogP contribution >= 0.6 is 12.6 Å². The molecule has 98 valence electrons. The second-order valence-corrected chi connectivity index (χ2v) is 4.63. The zero-order valence-electron chi connectivity index (χ0n) is 10.8. The van der Waals surface area contributed by atoms with Crippen molar-refractivity contribution in [2.75, 3.05) is 19.1 Å². The lowest BCUT2D eigenvalue weighted by atomic mass is 10.2. The molecule has 0 saturated carbocycles. The Balaban J connectivity index is 2.20. The number of nitrogens with zero attached hydrogens (tertiary/aromatic N) is 1. The fourth-order valence-electron chi connectivity index (χ4n) is 1.72. The first-order chi connectivity index (χ1) is 9.11. The molecular formula is C15H15NO2S. The topological polar surface area (TPSA) is 29.5 Å². The highest BCUT2D eigenvalue weighted by atomic mass is 32.1. The van der Waals surface area contributed by atoms with Crippen LogP contribution in [-0.2, 0) is 0 Å². The van der Waals surface area contributed by atoms with E-state index in [1.807, 2.05) is 24.3 Å². The fraction of sp³-hybridized carbons (Fsp3) is 0.133. The third-order valence-corrected chi connectivity index (χ3v) is 3.18. The number of anilines is 1. The van der Waals surface area contributed by atoms with Crippen molar-refractivity contribution in [1.82, 2.24) is 0 Å². The molecule has 0 aliphatic heterocycles. The van der Waals surface area contributed by atoms with Gasteiger partial charge in [0.1, 0.15) is 5.75 Å². The molecule has 2 aromatic rings. The van der Waals surface area contributed by atoms with Crippen molar-refractivity contribution in [2.45, 2.75) is 4.90 Å². The van der Waals surface area contributed by atoms with Gasteiger partial charge in [-0.25, -0.2) is 0 Å². The van der Waals surface area contributed by atoms with Crippen LogP contribution in [0, 0.1) is 0 Å². The molecule has 0 N–H and O–H groups in total. The number of carbonyl (C=O) groups is 1. The van der Waals surface area contributed by atoms with Gasteiger partial charge in [-0.05, 0) is 48.5 Å². The number of hydrogen-bond donors (Lipinski definition) is 1. The highest BCUT2D eigenvalue weighted by Crippen LogP contribution is 2.20. The quantitative estimate of drug-likeness (QED) is 0.870. The summed E-state index contributed by atoms with van der Waals surface area (Å²) in [5.41, 5.74) is 1.46. The highest BCUT2D eigenvalue weighted by molar-refractivity contribution is 7.80. The van der Waals surface area contributed by atoms with E-state index in [9.17, 15) is 4.79 Å². The first-order valence-corrected chi connectivity index (χ1v) is 6.27. The summed E-state index contributed by atoms with van der Waals surface area (Å²) in [6.45, 7) is 0. The highest BCUT2D eigenvalue weighted by Gasteiger charge is 2.13. The van der Waals surface area contributed by atoms with Crippen LogP contribution < -0.4 is 9.64 Å². The molecule has 0 aromatic heterocycles. The molecule has 0 unspecified atom stereocenters. The van der Waals surface area contributed by atoms with Crippen LogP contribution in [0.3, 0.4) is 0 Å². The summed E-state index contributed by atoms with van der Waals surface area (Å²) in [6, 6.07) is 14.5. The molecule has 0 spiro atoms. The monoisotopic (exact) mass is 273 g/mol. The Hall–Kier alpha value is -1.94. The van der Waals surface area contributed by atoms with Crippen molar-refractivity contribution in [3.05, 3.63) is 54.1 Å². The maximum atomic E-state index is 12.3. The molecule has 0 saturated heterocycles. The van der Waals surface area contributed by atoms with Crippen LogP contribution in [0.2, 0.25) is 0 Å². The Morgan fingerprint density at radius 1 is 1.05 bits per heavy atom. The third-order valence-electron chi connectivity index (χ3n) is 2.88. The smallest absolute Gasteiger partial charge is 0.258 e. The number of hydrogen-bond acceptors (Lipinski definition) is 3. The lowest BCUT2D eigenvalue weighted by Crippen LogP contribution is -2.26. The predicted octanol–water partition coefficient (Wildman–Crippen LogP) is 3.26. The maximum absolute atomic E-state index is 12.3. The lowest BCUT2D eigenvalue weighted by molar-refractivity contribution is 0.0993. The minimum atomic E-state index is -0.0569. The summed E-state index contributed by atoms with van der Waals surface area (Å²) in [6.07, 6.45) is 0. The molecule has 1 amide bonds. The molecule has 19 heavy (non-hydrogen) atoms. The number of ether oxygens (including phenoxy) is 1. The van der Waals surface area contributed by atoms with Crippen LogP contribution in [0.4, 0.5) is 5.69 Å². The van der Waals surface area contributed by atoms with E-state index in [4.69, 9.17) is 4.74 Å². The SMILES string of the molecule is COc1ccc(N(C)C(=O)c2ccc(S)cc2)cc1. The van der Waals surface area contributed by atoms with Gasteiger partial charge in [0, 0.05) is 23.2 Å². The molecule has 0 fully saturated rings. The summed E-state index contributed by atoms with van der Waals surface area (Å²) in [7, 11) is 3.36. The Morgan fingerprint density at radius 3 is 2.16 bits per heavy atom. The van der Waals surface area contributed by atoms with Crippen LogP contribution in [0.25, 0.3) is 0 Å². The number of amides is 1. The van der Waals surface area contributed by atoms with Crippen molar-refractivity contribution in [2.24, 2.45) is 0 Å². The lowest BCUT2D eigenvalue weighted by Gasteiger charge is -2.17. The van der Waals surface area contributed by atoms with Gasteiger partial charge in [-0.15, -0.1) is 12.6 Å². The van der Waals surface area contributed by atoms with E-state index in [1.165, 1.54) is 0 Å². The molecule has 0 bridgehead atoms. The van der Waals surface area contributed by atoms with Crippen LogP contribution in [0.1, 0.15) is 10.4 Å². The maximum Gasteiger partial charge on any atom is 0.258 e. The molecule has 4 heteroatoms. The average molecular weight is 273 g/mol.